The van der Waals surface area contributed by atoms with Crippen molar-refractivity contribution in [2.75, 3.05) is 0 Å². The molecule has 0 bridgehead atoms. The molecule has 1 saturated carbocycles. The van der Waals surface area contributed by atoms with E-state index in [1.807, 2.05) is 62.3 Å². The van der Waals surface area contributed by atoms with Crippen LogP contribution in [0.5, 0.6) is 0 Å². The van der Waals surface area contributed by atoms with Gasteiger partial charge in [-0.1, -0.05) is 62.3 Å². The molecule has 0 saturated heterocycles. The van der Waals surface area contributed by atoms with Crippen LogP contribution in [-0.2, 0) is 14.4 Å². The molecule has 0 N–H and O–H groups in total. The lowest BCUT2D eigenvalue weighted by molar-refractivity contribution is -0.140. The Morgan fingerprint density at radius 1 is 0.708 bits per heavy atom. The van der Waals surface area contributed by atoms with Gasteiger partial charge < -0.3 is 0 Å². The average Bonchev–Trinajstić information content (AvgIpc) is 2.87. The van der Waals surface area contributed by atoms with Gasteiger partial charge in [-0.05, 0) is 19.3 Å². The molecule has 1 aliphatic rings. The van der Waals surface area contributed by atoms with Crippen LogP contribution in [0.2, 0.25) is 0 Å². The summed E-state index contributed by atoms with van der Waals surface area (Å²) >= 11 is 0. The second-order valence-electron chi connectivity index (χ2n) is 10.2. The molecule has 3 nitrogen and oxygen atoms in total. The lowest BCUT2D eigenvalue weighted by atomic mass is 9.71. The van der Waals surface area contributed by atoms with Crippen LogP contribution in [-0.4, -0.2) is 17.3 Å². The Hall–Kier alpha value is -0.990. The normalized spacial score (nSPS) is 25.6. The molecule has 0 spiro atoms. The van der Waals surface area contributed by atoms with E-state index < -0.39 is 16.2 Å². The van der Waals surface area contributed by atoms with Crippen molar-refractivity contribution < 1.29 is 14.4 Å². The minimum Gasteiger partial charge on any atom is -0.299 e. The topological polar surface area (TPSA) is 51.2 Å². The summed E-state index contributed by atoms with van der Waals surface area (Å²) in [7, 11) is 0. The van der Waals surface area contributed by atoms with E-state index in [4.69, 9.17) is 0 Å². The summed E-state index contributed by atoms with van der Waals surface area (Å²) in [5, 5.41) is 0. The third-order valence-electron chi connectivity index (χ3n) is 5.64. The van der Waals surface area contributed by atoms with Crippen molar-refractivity contribution in [2.24, 2.45) is 34.0 Å². The highest BCUT2D eigenvalue weighted by atomic mass is 16.1. The van der Waals surface area contributed by atoms with Crippen molar-refractivity contribution >= 4 is 17.3 Å². The predicted octanol–water partition coefficient (Wildman–Crippen LogP) is 4.86. The van der Waals surface area contributed by atoms with E-state index in [-0.39, 0.29) is 35.1 Å². The van der Waals surface area contributed by atoms with Gasteiger partial charge >= 0.3 is 0 Å². The molecule has 138 valence electrons. The average molecular weight is 337 g/mol. The molecule has 0 heterocycles. The Morgan fingerprint density at radius 2 is 1.08 bits per heavy atom. The van der Waals surface area contributed by atoms with E-state index in [1.165, 1.54) is 0 Å². The van der Waals surface area contributed by atoms with E-state index >= 15 is 0 Å². The fourth-order valence-corrected chi connectivity index (χ4v) is 3.68. The maximum Gasteiger partial charge on any atom is 0.142 e. The lowest BCUT2D eigenvalue weighted by Crippen LogP contribution is -2.38. The van der Waals surface area contributed by atoms with Crippen LogP contribution >= 0.6 is 0 Å². The highest BCUT2D eigenvalue weighted by Crippen LogP contribution is 2.46. The van der Waals surface area contributed by atoms with Crippen molar-refractivity contribution in [3.05, 3.63) is 0 Å². The molecule has 0 radical (unpaired) electrons. The van der Waals surface area contributed by atoms with Crippen molar-refractivity contribution in [1.82, 2.24) is 0 Å². The van der Waals surface area contributed by atoms with Gasteiger partial charge in [0, 0.05) is 34.0 Å². The van der Waals surface area contributed by atoms with Gasteiger partial charge in [-0.3, -0.25) is 14.4 Å². The first-order valence-corrected chi connectivity index (χ1v) is 9.26. The highest BCUT2D eigenvalue weighted by molar-refractivity contribution is 5.97. The van der Waals surface area contributed by atoms with Crippen LogP contribution in [0.1, 0.15) is 81.6 Å². The van der Waals surface area contributed by atoms with Gasteiger partial charge in [0.1, 0.15) is 17.3 Å². The Bertz CT molecular complexity index is 514. The van der Waals surface area contributed by atoms with Crippen LogP contribution in [0.15, 0.2) is 0 Å². The van der Waals surface area contributed by atoms with Crippen LogP contribution < -0.4 is 0 Å². The molecular formula is C21H36O3. The largest absolute Gasteiger partial charge is 0.299 e. The zero-order valence-electron chi connectivity index (χ0n) is 17.1. The van der Waals surface area contributed by atoms with E-state index in [0.717, 1.165) is 6.42 Å². The van der Waals surface area contributed by atoms with Crippen molar-refractivity contribution in [1.29, 1.82) is 0 Å². The molecular weight excluding hydrogens is 300 g/mol. The lowest BCUT2D eigenvalue weighted by Gasteiger charge is -2.30. The zero-order valence-corrected chi connectivity index (χ0v) is 17.1. The number of Topliss-reactive ketones (excluding diaryl/α,β-unsaturated/α-hetero) is 3. The number of carbonyl (C=O) groups excluding carboxylic acids is 3. The van der Waals surface area contributed by atoms with Gasteiger partial charge in [-0.15, -0.1) is 0 Å². The van der Waals surface area contributed by atoms with E-state index in [9.17, 15) is 14.4 Å². The summed E-state index contributed by atoms with van der Waals surface area (Å²) in [6.07, 6.45) is 1.81. The number of hydrogen-bond donors (Lipinski definition) is 0. The molecule has 0 aliphatic heterocycles. The smallest absolute Gasteiger partial charge is 0.142 e. The molecule has 1 aliphatic carbocycles. The molecule has 0 aromatic heterocycles. The Balaban J connectivity index is 3.19. The summed E-state index contributed by atoms with van der Waals surface area (Å²) in [5.41, 5.74) is -1.36. The molecule has 3 unspecified atom stereocenters. The molecule has 1 rings (SSSR count). The molecule has 3 heteroatoms. The van der Waals surface area contributed by atoms with Crippen LogP contribution in [0.25, 0.3) is 0 Å². The molecule has 0 aromatic carbocycles. The molecule has 0 aromatic rings. The van der Waals surface area contributed by atoms with Crippen molar-refractivity contribution in [2.45, 2.75) is 81.6 Å². The first-order valence-electron chi connectivity index (χ1n) is 9.26. The van der Waals surface area contributed by atoms with Gasteiger partial charge in [0.15, 0.2) is 0 Å². The monoisotopic (exact) mass is 336 g/mol. The van der Waals surface area contributed by atoms with Crippen molar-refractivity contribution in [3.63, 3.8) is 0 Å². The van der Waals surface area contributed by atoms with Gasteiger partial charge in [-0.25, -0.2) is 0 Å². The predicted molar refractivity (Wildman–Crippen MR) is 97.7 cm³/mol. The maximum absolute atomic E-state index is 13.1. The fourth-order valence-electron chi connectivity index (χ4n) is 3.68. The number of ketones is 3. The summed E-state index contributed by atoms with van der Waals surface area (Å²) in [4.78, 5) is 38.8. The van der Waals surface area contributed by atoms with Gasteiger partial charge in [0.05, 0.1) is 0 Å². The number of rotatable bonds is 5. The van der Waals surface area contributed by atoms with Crippen LogP contribution in [0.3, 0.4) is 0 Å². The van der Waals surface area contributed by atoms with Crippen LogP contribution in [0.4, 0.5) is 0 Å². The molecule has 3 atom stereocenters. The van der Waals surface area contributed by atoms with E-state index in [1.54, 1.807) is 0 Å². The van der Waals surface area contributed by atoms with Crippen LogP contribution in [0, 0.1) is 34.0 Å². The van der Waals surface area contributed by atoms with Gasteiger partial charge in [0.2, 0.25) is 0 Å². The maximum atomic E-state index is 13.1. The third-order valence-corrected chi connectivity index (χ3v) is 5.64. The Kier molecular flexibility index (Phi) is 5.90. The highest BCUT2D eigenvalue weighted by Gasteiger charge is 2.50. The van der Waals surface area contributed by atoms with Gasteiger partial charge in [0.25, 0.3) is 0 Å². The summed E-state index contributed by atoms with van der Waals surface area (Å²) < 4.78 is 0. The first-order chi connectivity index (χ1) is 10.6. The first kappa shape index (κ1) is 21.1. The standard InChI is InChI=1S/C21H36O3/c1-10-21(8,9)18(24)15-12-13(16(22)19(2,3)4)11-14(15)17(23)20(5,6)7/h13-15H,10-12H2,1-9H3. The summed E-state index contributed by atoms with van der Waals surface area (Å²) in [6, 6.07) is 0. The van der Waals surface area contributed by atoms with Gasteiger partial charge in [-0.2, -0.15) is 0 Å². The Morgan fingerprint density at radius 3 is 1.42 bits per heavy atom. The Labute approximate surface area is 148 Å². The quantitative estimate of drug-likeness (QED) is 0.720. The van der Waals surface area contributed by atoms with E-state index in [0.29, 0.717) is 12.8 Å². The summed E-state index contributed by atoms with van der Waals surface area (Å²) in [5.74, 6) is -0.363. The SMILES string of the molecule is CCC(C)(C)C(=O)C1CC(C(=O)C(C)(C)C)CC1C(=O)C(C)(C)C. The zero-order chi connectivity index (χ0) is 19.1. The fraction of sp³-hybridized carbons (Fsp3) is 0.857. The second kappa shape index (κ2) is 6.72. The minimum atomic E-state index is -0.487. The van der Waals surface area contributed by atoms with Crippen molar-refractivity contribution in [3.8, 4) is 0 Å². The minimum absolute atomic E-state index is 0.122. The number of carbonyl (C=O) groups is 3. The van der Waals surface area contributed by atoms with E-state index in [2.05, 4.69) is 0 Å². The number of hydrogen-bond acceptors (Lipinski definition) is 3. The third kappa shape index (κ3) is 4.34. The second-order valence-corrected chi connectivity index (χ2v) is 10.2. The summed E-state index contributed by atoms with van der Waals surface area (Å²) in [6.45, 7) is 17.4. The molecule has 0 amide bonds. The molecule has 1 fully saturated rings. The molecule has 24 heavy (non-hydrogen) atoms.